The number of nitrogens with two attached hydrogens (primary N) is 1. The summed E-state index contributed by atoms with van der Waals surface area (Å²) < 4.78 is 18.2. The van der Waals surface area contributed by atoms with Crippen molar-refractivity contribution in [2.45, 2.75) is 38.6 Å². The van der Waals surface area contributed by atoms with Crippen molar-refractivity contribution >= 4 is 11.8 Å². The van der Waals surface area contributed by atoms with E-state index in [4.69, 9.17) is 10.5 Å². The van der Waals surface area contributed by atoms with Crippen LogP contribution in [0.4, 0.5) is 4.39 Å². The number of nitrogens with zero attached hydrogens (tertiary/aromatic N) is 1. The highest BCUT2D eigenvalue weighted by Crippen LogP contribution is 2.22. The van der Waals surface area contributed by atoms with Gasteiger partial charge in [0.2, 0.25) is 11.8 Å². The van der Waals surface area contributed by atoms with Crippen LogP contribution < -0.4 is 10.5 Å². The number of hydrogen-bond acceptors (Lipinski definition) is 3. The average Bonchev–Trinajstić information content (AvgIpc) is 2.53. The van der Waals surface area contributed by atoms with Crippen molar-refractivity contribution in [3.05, 3.63) is 30.1 Å². The number of ether oxygens (including phenoxy) is 1. The van der Waals surface area contributed by atoms with Crippen LogP contribution in [0.5, 0.6) is 5.75 Å². The Hall–Kier alpha value is -2.11. The zero-order valence-electron chi connectivity index (χ0n) is 13.3. The summed E-state index contributed by atoms with van der Waals surface area (Å²) in [6, 6.07) is 5.92. The smallest absolute Gasteiger partial charge is 0.222 e. The Morgan fingerprint density at radius 2 is 2.00 bits per heavy atom. The van der Waals surface area contributed by atoms with Crippen molar-refractivity contribution in [2.75, 3.05) is 13.2 Å². The zero-order chi connectivity index (χ0) is 16.8. The number of amides is 2. The molecule has 2 N–H and O–H groups in total. The van der Waals surface area contributed by atoms with E-state index >= 15 is 0 Å². The van der Waals surface area contributed by atoms with Crippen LogP contribution in [0.3, 0.4) is 0 Å². The minimum atomic E-state index is -0.339. The highest BCUT2D eigenvalue weighted by Gasteiger charge is 2.31. The Bertz CT molecular complexity index is 547. The number of carbonyl (C=O) groups excluding carboxylic acids is 2. The maximum Gasteiger partial charge on any atom is 0.222 e. The summed E-state index contributed by atoms with van der Waals surface area (Å²) in [6.07, 6.45) is 2.47. The molecule has 1 aliphatic heterocycles. The van der Waals surface area contributed by atoms with Gasteiger partial charge >= 0.3 is 0 Å². The molecule has 1 aromatic rings. The molecule has 126 valence electrons. The molecule has 2 amide bonds. The molecule has 0 bridgehead atoms. The Morgan fingerprint density at radius 1 is 1.30 bits per heavy atom. The quantitative estimate of drug-likeness (QED) is 0.815. The third-order valence-electron chi connectivity index (χ3n) is 4.22. The van der Waals surface area contributed by atoms with Crippen molar-refractivity contribution in [1.29, 1.82) is 0 Å². The van der Waals surface area contributed by atoms with Crippen LogP contribution in [0.25, 0.3) is 0 Å². The van der Waals surface area contributed by atoms with Crippen molar-refractivity contribution in [3.8, 4) is 5.75 Å². The Balaban J connectivity index is 1.75. The van der Waals surface area contributed by atoms with Crippen molar-refractivity contribution in [2.24, 2.45) is 11.7 Å². The fourth-order valence-electron chi connectivity index (χ4n) is 2.77. The van der Waals surface area contributed by atoms with Gasteiger partial charge in [-0.3, -0.25) is 9.59 Å². The average molecular weight is 322 g/mol. The minimum Gasteiger partial charge on any atom is -0.494 e. The normalized spacial score (nSPS) is 21.0. The highest BCUT2D eigenvalue weighted by atomic mass is 19.1. The lowest BCUT2D eigenvalue weighted by Crippen LogP contribution is -2.48. The number of likely N-dealkylation sites (tertiary alicyclic amines) is 1. The van der Waals surface area contributed by atoms with Crippen LogP contribution >= 0.6 is 0 Å². The van der Waals surface area contributed by atoms with E-state index in [1.807, 2.05) is 6.92 Å². The predicted molar refractivity (Wildman–Crippen MR) is 84.2 cm³/mol. The van der Waals surface area contributed by atoms with Gasteiger partial charge in [0.05, 0.1) is 12.5 Å². The van der Waals surface area contributed by atoms with E-state index in [0.717, 1.165) is 12.8 Å². The van der Waals surface area contributed by atoms with Crippen LogP contribution in [0.2, 0.25) is 0 Å². The fourth-order valence-corrected chi connectivity index (χ4v) is 2.77. The van der Waals surface area contributed by atoms with E-state index in [2.05, 4.69) is 0 Å². The summed E-state index contributed by atoms with van der Waals surface area (Å²) >= 11 is 0. The zero-order valence-corrected chi connectivity index (χ0v) is 13.3. The lowest BCUT2D eigenvalue weighted by atomic mass is 9.92. The first kappa shape index (κ1) is 17.2. The van der Waals surface area contributed by atoms with Gasteiger partial charge in [-0.1, -0.05) is 0 Å². The molecule has 0 saturated carbocycles. The van der Waals surface area contributed by atoms with Gasteiger partial charge in [-0.2, -0.15) is 0 Å². The van der Waals surface area contributed by atoms with Crippen LogP contribution in [0.15, 0.2) is 24.3 Å². The van der Waals surface area contributed by atoms with Crippen molar-refractivity contribution < 1.29 is 18.7 Å². The lowest BCUT2D eigenvalue weighted by molar-refractivity contribution is -0.137. The van der Waals surface area contributed by atoms with Gasteiger partial charge in [-0.25, -0.2) is 4.39 Å². The van der Waals surface area contributed by atoms with E-state index in [-0.39, 0.29) is 29.6 Å². The number of hydrogen-bond donors (Lipinski definition) is 1. The molecule has 1 aromatic carbocycles. The summed E-state index contributed by atoms with van der Waals surface area (Å²) in [5.41, 5.74) is 5.35. The van der Waals surface area contributed by atoms with E-state index < -0.39 is 0 Å². The van der Waals surface area contributed by atoms with E-state index in [1.54, 1.807) is 17.0 Å². The summed E-state index contributed by atoms with van der Waals surface area (Å²) in [7, 11) is 0. The molecule has 0 aliphatic carbocycles. The van der Waals surface area contributed by atoms with Gasteiger partial charge in [0.25, 0.3) is 0 Å². The molecule has 1 saturated heterocycles. The van der Waals surface area contributed by atoms with Gasteiger partial charge in [0.1, 0.15) is 11.6 Å². The van der Waals surface area contributed by atoms with E-state index in [9.17, 15) is 14.0 Å². The third-order valence-corrected chi connectivity index (χ3v) is 4.22. The minimum absolute atomic E-state index is 0.0196. The molecule has 2 atom stereocenters. The highest BCUT2D eigenvalue weighted by molar-refractivity contribution is 5.80. The Morgan fingerprint density at radius 3 is 2.65 bits per heavy atom. The number of carbonyl (C=O) groups is 2. The van der Waals surface area contributed by atoms with Crippen LogP contribution in [0, 0.1) is 11.7 Å². The second-order valence-corrected chi connectivity index (χ2v) is 5.98. The standard InChI is InChI=1S/C17H23FN2O3/c1-12-4-5-13(17(19)22)11-20(12)16(21)3-2-10-23-15-8-6-14(18)7-9-15/h6-9,12-13H,2-5,10-11H2,1H3,(H2,19,22). The first-order valence-corrected chi connectivity index (χ1v) is 7.94. The van der Waals surface area contributed by atoms with Gasteiger partial charge in [-0.15, -0.1) is 0 Å². The van der Waals surface area contributed by atoms with Crippen LogP contribution in [-0.4, -0.2) is 35.9 Å². The van der Waals surface area contributed by atoms with Gasteiger partial charge in [0.15, 0.2) is 0 Å². The number of piperidine rings is 1. The van der Waals surface area contributed by atoms with Gasteiger partial charge < -0.3 is 15.4 Å². The maximum atomic E-state index is 12.8. The lowest BCUT2D eigenvalue weighted by Gasteiger charge is -2.37. The van der Waals surface area contributed by atoms with Crippen molar-refractivity contribution in [1.82, 2.24) is 4.90 Å². The molecular formula is C17H23FN2O3. The van der Waals surface area contributed by atoms with Crippen LogP contribution in [0.1, 0.15) is 32.6 Å². The molecule has 23 heavy (non-hydrogen) atoms. The largest absolute Gasteiger partial charge is 0.494 e. The molecule has 0 aromatic heterocycles. The molecule has 1 fully saturated rings. The first-order chi connectivity index (χ1) is 11.0. The molecule has 6 heteroatoms. The molecule has 5 nitrogen and oxygen atoms in total. The second kappa shape index (κ2) is 7.94. The molecule has 0 radical (unpaired) electrons. The third kappa shape index (κ3) is 4.94. The van der Waals surface area contributed by atoms with Gasteiger partial charge in [-0.05, 0) is 50.5 Å². The molecule has 2 unspecified atom stereocenters. The first-order valence-electron chi connectivity index (χ1n) is 7.94. The number of rotatable bonds is 6. The van der Waals surface area contributed by atoms with Crippen molar-refractivity contribution in [3.63, 3.8) is 0 Å². The predicted octanol–water partition coefficient (Wildman–Crippen LogP) is 2.10. The summed E-state index contributed by atoms with van der Waals surface area (Å²) in [6.45, 7) is 2.79. The maximum absolute atomic E-state index is 12.8. The summed E-state index contributed by atoms with van der Waals surface area (Å²) in [4.78, 5) is 25.4. The molecule has 1 aliphatic rings. The molecule has 1 heterocycles. The van der Waals surface area contributed by atoms with Gasteiger partial charge in [0, 0.05) is 19.0 Å². The number of primary amides is 1. The summed E-state index contributed by atoms with van der Waals surface area (Å²) in [5, 5.41) is 0. The summed E-state index contributed by atoms with van der Waals surface area (Å²) in [5.74, 6) is -0.291. The molecular weight excluding hydrogens is 299 g/mol. The SMILES string of the molecule is CC1CCC(C(N)=O)CN1C(=O)CCCOc1ccc(F)cc1. The Labute approximate surface area is 135 Å². The number of halogens is 1. The number of benzene rings is 1. The topological polar surface area (TPSA) is 72.6 Å². The second-order valence-electron chi connectivity index (χ2n) is 5.98. The van der Waals surface area contributed by atoms with E-state index in [0.29, 0.717) is 31.7 Å². The van der Waals surface area contributed by atoms with E-state index in [1.165, 1.54) is 12.1 Å². The molecule has 0 spiro atoms. The van der Waals surface area contributed by atoms with Crippen LogP contribution in [-0.2, 0) is 9.59 Å². The fraction of sp³-hybridized carbons (Fsp3) is 0.529. The Kier molecular flexibility index (Phi) is 5.96. The monoisotopic (exact) mass is 322 g/mol. The molecule has 2 rings (SSSR count).